The first-order valence-corrected chi connectivity index (χ1v) is 9.41. The van der Waals surface area contributed by atoms with Gasteiger partial charge in [0.2, 0.25) is 5.91 Å². The third-order valence-corrected chi connectivity index (χ3v) is 5.03. The van der Waals surface area contributed by atoms with Crippen molar-refractivity contribution in [1.82, 2.24) is 14.8 Å². The van der Waals surface area contributed by atoms with Gasteiger partial charge >= 0.3 is 0 Å². The highest BCUT2D eigenvalue weighted by atomic mass is 32.2. The lowest BCUT2D eigenvalue weighted by Gasteiger charge is -2.10. The lowest BCUT2D eigenvalue weighted by molar-refractivity contribution is -0.113. The Morgan fingerprint density at radius 3 is 2.54 bits per heavy atom. The van der Waals surface area contributed by atoms with E-state index < -0.39 is 0 Å². The van der Waals surface area contributed by atoms with Crippen LogP contribution in [0.3, 0.4) is 0 Å². The molecule has 1 saturated carbocycles. The maximum absolute atomic E-state index is 12.2. The van der Waals surface area contributed by atoms with E-state index in [-0.39, 0.29) is 17.4 Å². The SMILES string of the molecule is O=C(CSc1nnc(C2CC2)n1-c1ccccc1)Nc1ccc(O)cc1. The number of rotatable bonds is 6. The molecule has 0 radical (unpaired) electrons. The average molecular weight is 366 g/mol. The number of hydrogen-bond donors (Lipinski definition) is 2. The monoisotopic (exact) mass is 366 g/mol. The molecule has 1 aromatic heterocycles. The number of carbonyl (C=O) groups excluding carboxylic acids is 1. The topological polar surface area (TPSA) is 80.0 Å². The number of phenolic OH excluding ortho intramolecular Hbond substituents is 1. The van der Waals surface area contributed by atoms with Crippen molar-refractivity contribution in [2.45, 2.75) is 23.9 Å². The van der Waals surface area contributed by atoms with Gasteiger partial charge in [-0.15, -0.1) is 10.2 Å². The van der Waals surface area contributed by atoms with Crippen LogP contribution in [-0.2, 0) is 4.79 Å². The van der Waals surface area contributed by atoms with Crippen LogP contribution in [0.1, 0.15) is 24.6 Å². The van der Waals surface area contributed by atoms with E-state index in [9.17, 15) is 9.90 Å². The third kappa shape index (κ3) is 3.72. The zero-order valence-electron chi connectivity index (χ0n) is 14.0. The Labute approximate surface area is 155 Å². The molecule has 0 bridgehead atoms. The van der Waals surface area contributed by atoms with Crippen LogP contribution in [0.4, 0.5) is 5.69 Å². The molecule has 2 N–H and O–H groups in total. The quantitative estimate of drug-likeness (QED) is 0.515. The number of benzene rings is 2. The van der Waals surface area contributed by atoms with Crippen molar-refractivity contribution < 1.29 is 9.90 Å². The summed E-state index contributed by atoms with van der Waals surface area (Å²) >= 11 is 1.37. The first-order chi connectivity index (χ1) is 12.7. The van der Waals surface area contributed by atoms with Gasteiger partial charge in [0.15, 0.2) is 5.16 Å². The molecule has 1 heterocycles. The first kappa shape index (κ1) is 16.7. The molecule has 1 aliphatic rings. The van der Waals surface area contributed by atoms with E-state index in [1.165, 1.54) is 23.9 Å². The van der Waals surface area contributed by atoms with Crippen LogP contribution in [0.2, 0.25) is 0 Å². The van der Waals surface area contributed by atoms with Crippen LogP contribution in [0.15, 0.2) is 59.8 Å². The fraction of sp³-hybridized carbons (Fsp3) is 0.211. The zero-order valence-corrected chi connectivity index (χ0v) is 14.8. The Bertz CT molecular complexity index is 905. The molecule has 132 valence electrons. The largest absolute Gasteiger partial charge is 0.508 e. The summed E-state index contributed by atoms with van der Waals surface area (Å²) in [5, 5.41) is 21.5. The fourth-order valence-corrected chi connectivity index (χ4v) is 3.43. The van der Waals surface area contributed by atoms with Crippen molar-refractivity contribution >= 4 is 23.4 Å². The van der Waals surface area contributed by atoms with Gasteiger partial charge in [-0.25, -0.2) is 0 Å². The van der Waals surface area contributed by atoms with Crippen LogP contribution < -0.4 is 5.32 Å². The lowest BCUT2D eigenvalue weighted by atomic mass is 10.3. The average Bonchev–Trinajstić information content (AvgIpc) is 3.42. The predicted octanol–water partition coefficient (Wildman–Crippen LogP) is 3.58. The van der Waals surface area contributed by atoms with Crippen molar-refractivity contribution in [3.8, 4) is 11.4 Å². The second-order valence-electron chi connectivity index (χ2n) is 6.17. The van der Waals surface area contributed by atoms with Gasteiger partial charge in [-0.1, -0.05) is 30.0 Å². The van der Waals surface area contributed by atoms with E-state index in [0.717, 1.165) is 29.5 Å². The van der Waals surface area contributed by atoms with Gasteiger partial charge in [-0.05, 0) is 49.2 Å². The van der Waals surface area contributed by atoms with E-state index in [4.69, 9.17) is 0 Å². The number of phenols is 1. The van der Waals surface area contributed by atoms with Crippen molar-refractivity contribution in [3.63, 3.8) is 0 Å². The number of hydrogen-bond acceptors (Lipinski definition) is 5. The number of nitrogens with zero attached hydrogens (tertiary/aromatic N) is 3. The Morgan fingerprint density at radius 2 is 1.85 bits per heavy atom. The first-order valence-electron chi connectivity index (χ1n) is 8.43. The summed E-state index contributed by atoms with van der Waals surface area (Å²) in [6.45, 7) is 0. The van der Waals surface area contributed by atoms with Crippen molar-refractivity contribution in [1.29, 1.82) is 0 Å². The van der Waals surface area contributed by atoms with E-state index in [2.05, 4.69) is 20.1 Å². The molecule has 6 nitrogen and oxygen atoms in total. The Kier molecular flexibility index (Phi) is 4.62. The number of anilines is 1. The minimum Gasteiger partial charge on any atom is -0.508 e. The molecule has 1 amide bonds. The second kappa shape index (κ2) is 7.21. The highest BCUT2D eigenvalue weighted by Crippen LogP contribution is 2.41. The number of carbonyl (C=O) groups is 1. The summed E-state index contributed by atoms with van der Waals surface area (Å²) in [6.07, 6.45) is 2.27. The molecule has 26 heavy (non-hydrogen) atoms. The highest BCUT2D eigenvalue weighted by Gasteiger charge is 2.31. The van der Waals surface area contributed by atoms with Gasteiger partial charge < -0.3 is 10.4 Å². The summed E-state index contributed by atoms with van der Waals surface area (Å²) in [6, 6.07) is 16.4. The number of aromatic nitrogens is 3. The number of thioether (sulfide) groups is 1. The van der Waals surface area contributed by atoms with Crippen molar-refractivity contribution in [2.75, 3.05) is 11.1 Å². The zero-order chi connectivity index (χ0) is 17.9. The lowest BCUT2D eigenvalue weighted by Crippen LogP contribution is -2.14. The summed E-state index contributed by atoms with van der Waals surface area (Å²) < 4.78 is 2.05. The minimum absolute atomic E-state index is 0.128. The molecule has 0 saturated heterocycles. The summed E-state index contributed by atoms with van der Waals surface area (Å²) in [5.74, 6) is 1.70. The number of para-hydroxylation sites is 1. The molecule has 7 heteroatoms. The molecule has 1 fully saturated rings. The van der Waals surface area contributed by atoms with Gasteiger partial charge in [-0.3, -0.25) is 9.36 Å². The van der Waals surface area contributed by atoms with Gasteiger partial charge in [0.05, 0.1) is 5.75 Å². The fourth-order valence-electron chi connectivity index (χ4n) is 2.67. The molecule has 0 spiro atoms. The molecule has 3 aromatic rings. The van der Waals surface area contributed by atoms with Gasteiger partial charge in [0.25, 0.3) is 0 Å². The minimum atomic E-state index is -0.128. The van der Waals surface area contributed by atoms with Crippen LogP contribution in [0.5, 0.6) is 5.75 Å². The van der Waals surface area contributed by atoms with Crippen LogP contribution >= 0.6 is 11.8 Å². The second-order valence-corrected chi connectivity index (χ2v) is 7.11. The maximum Gasteiger partial charge on any atom is 0.234 e. The number of amides is 1. The van der Waals surface area contributed by atoms with Gasteiger partial charge in [-0.2, -0.15) is 0 Å². The summed E-state index contributed by atoms with van der Waals surface area (Å²) in [7, 11) is 0. The number of nitrogens with one attached hydrogen (secondary N) is 1. The Morgan fingerprint density at radius 1 is 1.12 bits per heavy atom. The van der Waals surface area contributed by atoms with Crippen molar-refractivity contribution in [3.05, 3.63) is 60.4 Å². The van der Waals surface area contributed by atoms with Crippen molar-refractivity contribution in [2.24, 2.45) is 0 Å². The molecule has 4 rings (SSSR count). The van der Waals surface area contributed by atoms with E-state index >= 15 is 0 Å². The Hall–Kier alpha value is -2.80. The predicted molar refractivity (Wildman–Crippen MR) is 101 cm³/mol. The van der Waals surface area contributed by atoms with Crippen LogP contribution in [0, 0.1) is 0 Å². The molecule has 0 aliphatic heterocycles. The van der Waals surface area contributed by atoms with E-state index in [1.807, 2.05) is 30.3 Å². The van der Waals surface area contributed by atoms with E-state index in [1.54, 1.807) is 12.1 Å². The molecule has 1 aliphatic carbocycles. The highest BCUT2D eigenvalue weighted by molar-refractivity contribution is 7.99. The smallest absolute Gasteiger partial charge is 0.234 e. The molecule has 2 aromatic carbocycles. The van der Waals surface area contributed by atoms with Gasteiger partial charge in [0.1, 0.15) is 11.6 Å². The molecular formula is C19H18N4O2S. The van der Waals surface area contributed by atoms with Gasteiger partial charge in [0, 0.05) is 17.3 Å². The van der Waals surface area contributed by atoms with Crippen LogP contribution in [0.25, 0.3) is 5.69 Å². The molecule has 0 unspecified atom stereocenters. The summed E-state index contributed by atoms with van der Waals surface area (Å²) in [4.78, 5) is 12.2. The standard InChI is InChI=1S/C19H18N4O2S/c24-16-10-8-14(9-11-16)20-17(25)12-26-19-22-21-18(13-6-7-13)23(19)15-4-2-1-3-5-15/h1-5,8-11,13,24H,6-7,12H2,(H,20,25). The van der Waals surface area contributed by atoms with Crippen LogP contribution in [-0.4, -0.2) is 31.5 Å². The maximum atomic E-state index is 12.2. The third-order valence-electron chi connectivity index (χ3n) is 4.10. The molecular weight excluding hydrogens is 348 g/mol. The van der Waals surface area contributed by atoms with E-state index in [0.29, 0.717) is 11.6 Å². The summed E-state index contributed by atoms with van der Waals surface area (Å²) in [5.41, 5.74) is 1.66. The number of aromatic hydroxyl groups is 1. The molecule has 0 atom stereocenters. The Balaban J connectivity index is 1.48. The normalized spacial score (nSPS) is 13.5.